The number of hydrogen-bond acceptors (Lipinski definition) is 3. The SMILES string of the molecule is Cc1cc(C(=O)N2CC[C@@H](O)C2)ccc1O. The number of rotatable bonds is 1. The summed E-state index contributed by atoms with van der Waals surface area (Å²) in [6.45, 7) is 2.75. The van der Waals surface area contributed by atoms with Gasteiger partial charge in [-0.2, -0.15) is 0 Å². The molecule has 0 unspecified atom stereocenters. The van der Waals surface area contributed by atoms with Crippen molar-refractivity contribution in [1.29, 1.82) is 0 Å². The molecule has 1 heterocycles. The summed E-state index contributed by atoms with van der Waals surface area (Å²) in [6.07, 6.45) is 0.241. The minimum absolute atomic E-state index is 0.0837. The van der Waals surface area contributed by atoms with Gasteiger partial charge in [-0.3, -0.25) is 4.79 Å². The highest BCUT2D eigenvalue weighted by atomic mass is 16.3. The summed E-state index contributed by atoms with van der Waals surface area (Å²) in [5.74, 6) is 0.109. The van der Waals surface area contributed by atoms with Gasteiger partial charge in [0.25, 0.3) is 5.91 Å². The van der Waals surface area contributed by atoms with Crippen molar-refractivity contribution in [2.24, 2.45) is 0 Å². The Kier molecular flexibility index (Phi) is 2.83. The maximum atomic E-state index is 12.0. The predicted octanol–water partition coefficient (Wildman–Crippen LogP) is 0.907. The van der Waals surface area contributed by atoms with Crippen molar-refractivity contribution in [3.63, 3.8) is 0 Å². The number of aliphatic hydroxyl groups excluding tert-OH is 1. The third-order valence-corrected chi connectivity index (χ3v) is 2.89. The van der Waals surface area contributed by atoms with E-state index in [1.54, 1.807) is 24.0 Å². The first kappa shape index (κ1) is 11.0. The van der Waals surface area contributed by atoms with Crippen molar-refractivity contribution in [2.45, 2.75) is 19.4 Å². The molecule has 1 atom stereocenters. The van der Waals surface area contributed by atoms with Gasteiger partial charge in [0.1, 0.15) is 5.75 Å². The Morgan fingerprint density at radius 1 is 1.50 bits per heavy atom. The van der Waals surface area contributed by atoms with Crippen molar-refractivity contribution >= 4 is 5.91 Å². The second-order valence-corrected chi connectivity index (χ2v) is 4.19. The average Bonchev–Trinajstić information content (AvgIpc) is 2.68. The van der Waals surface area contributed by atoms with E-state index in [0.29, 0.717) is 30.6 Å². The predicted molar refractivity (Wildman–Crippen MR) is 59.4 cm³/mol. The Hall–Kier alpha value is -1.55. The van der Waals surface area contributed by atoms with Crippen LogP contribution in [0.3, 0.4) is 0 Å². The van der Waals surface area contributed by atoms with Gasteiger partial charge in [-0.05, 0) is 37.1 Å². The molecule has 86 valence electrons. The van der Waals surface area contributed by atoms with E-state index in [9.17, 15) is 15.0 Å². The molecule has 1 saturated heterocycles. The molecule has 1 fully saturated rings. The highest BCUT2D eigenvalue weighted by molar-refractivity contribution is 5.94. The Labute approximate surface area is 94.1 Å². The first-order valence-corrected chi connectivity index (χ1v) is 5.35. The lowest BCUT2D eigenvalue weighted by molar-refractivity contribution is 0.0765. The Bertz CT molecular complexity index is 417. The van der Waals surface area contributed by atoms with Crippen LogP contribution in [-0.2, 0) is 0 Å². The van der Waals surface area contributed by atoms with Crippen molar-refractivity contribution < 1.29 is 15.0 Å². The number of aryl methyl sites for hydroxylation is 1. The summed E-state index contributed by atoms with van der Waals surface area (Å²) in [7, 11) is 0. The molecule has 1 aliphatic rings. The fourth-order valence-electron chi connectivity index (χ4n) is 1.90. The molecule has 0 radical (unpaired) electrons. The number of phenolic OH excluding ortho intramolecular Hbond substituents is 1. The van der Waals surface area contributed by atoms with Crippen LogP contribution < -0.4 is 0 Å². The number of carbonyl (C=O) groups is 1. The molecule has 2 rings (SSSR count). The highest BCUT2D eigenvalue weighted by Gasteiger charge is 2.25. The maximum absolute atomic E-state index is 12.0. The van der Waals surface area contributed by atoms with Crippen LogP contribution in [0.15, 0.2) is 18.2 Å². The van der Waals surface area contributed by atoms with Crippen LogP contribution in [0.4, 0.5) is 0 Å². The van der Waals surface area contributed by atoms with Gasteiger partial charge in [0.15, 0.2) is 0 Å². The second kappa shape index (κ2) is 4.14. The molecule has 1 aromatic carbocycles. The summed E-state index contributed by atoms with van der Waals surface area (Å²) in [5.41, 5.74) is 1.25. The number of nitrogens with zero attached hydrogens (tertiary/aromatic N) is 1. The molecule has 1 aliphatic heterocycles. The van der Waals surface area contributed by atoms with Crippen molar-refractivity contribution in [3.05, 3.63) is 29.3 Å². The molecule has 0 aromatic heterocycles. The maximum Gasteiger partial charge on any atom is 0.253 e. The quantitative estimate of drug-likeness (QED) is 0.741. The number of carbonyl (C=O) groups excluding carboxylic acids is 1. The Balaban J connectivity index is 2.18. The van der Waals surface area contributed by atoms with Gasteiger partial charge < -0.3 is 15.1 Å². The zero-order valence-corrected chi connectivity index (χ0v) is 9.18. The standard InChI is InChI=1S/C12H15NO3/c1-8-6-9(2-3-11(8)15)12(16)13-5-4-10(14)7-13/h2-3,6,10,14-15H,4-5,7H2,1H3/t10-/m1/s1. The summed E-state index contributed by atoms with van der Waals surface area (Å²) in [4.78, 5) is 13.6. The van der Waals surface area contributed by atoms with Crippen LogP contribution in [0.25, 0.3) is 0 Å². The van der Waals surface area contributed by atoms with E-state index < -0.39 is 6.10 Å². The smallest absolute Gasteiger partial charge is 0.253 e. The van der Waals surface area contributed by atoms with Gasteiger partial charge in [0, 0.05) is 18.7 Å². The fourth-order valence-corrected chi connectivity index (χ4v) is 1.90. The number of aromatic hydroxyl groups is 1. The number of hydrogen-bond donors (Lipinski definition) is 2. The van der Waals surface area contributed by atoms with Gasteiger partial charge >= 0.3 is 0 Å². The molecule has 1 aromatic rings. The van der Waals surface area contributed by atoms with E-state index >= 15 is 0 Å². The van der Waals surface area contributed by atoms with Crippen LogP contribution in [0.2, 0.25) is 0 Å². The zero-order valence-electron chi connectivity index (χ0n) is 9.18. The van der Waals surface area contributed by atoms with E-state index in [2.05, 4.69) is 0 Å². The third kappa shape index (κ3) is 2.02. The molecule has 0 bridgehead atoms. The minimum atomic E-state index is -0.401. The largest absolute Gasteiger partial charge is 0.508 e. The van der Waals surface area contributed by atoms with Gasteiger partial charge in [-0.1, -0.05) is 0 Å². The van der Waals surface area contributed by atoms with Crippen LogP contribution in [0, 0.1) is 6.92 Å². The van der Waals surface area contributed by atoms with Crippen LogP contribution >= 0.6 is 0 Å². The van der Waals surface area contributed by atoms with Gasteiger partial charge in [0.05, 0.1) is 6.10 Å². The normalized spacial score (nSPS) is 20.1. The topological polar surface area (TPSA) is 60.8 Å². The summed E-state index contributed by atoms with van der Waals surface area (Å²) in [6, 6.07) is 4.80. The summed E-state index contributed by atoms with van der Waals surface area (Å²) < 4.78 is 0. The third-order valence-electron chi connectivity index (χ3n) is 2.89. The molecular weight excluding hydrogens is 206 g/mol. The summed E-state index contributed by atoms with van der Waals surface area (Å²) in [5, 5.41) is 18.7. The molecule has 0 saturated carbocycles. The first-order valence-electron chi connectivity index (χ1n) is 5.35. The van der Waals surface area contributed by atoms with Crippen LogP contribution in [-0.4, -0.2) is 40.2 Å². The number of aliphatic hydroxyl groups is 1. The molecule has 4 heteroatoms. The molecule has 4 nitrogen and oxygen atoms in total. The number of β-amino-alcohol motifs (C(OH)–C–C–N with tert-alkyl or cyclic N) is 1. The van der Waals surface area contributed by atoms with E-state index in [1.807, 2.05) is 0 Å². The number of phenols is 1. The first-order chi connectivity index (χ1) is 7.58. The second-order valence-electron chi connectivity index (χ2n) is 4.19. The number of benzene rings is 1. The average molecular weight is 221 g/mol. The van der Waals surface area contributed by atoms with Gasteiger partial charge in [-0.15, -0.1) is 0 Å². The van der Waals surface area contributed by atoms with Crippen molar-refractivity contribution in [1.82, 2.24) is 4.90 Å². The zero-order chi connectivity index (χ0) is 11.7. The molecule has 1 amide bonds. The molecule has 0 spiro atoms. The van der Waals surface area contributed by atoms with Crippen molar-refractivity contribution in [2.75, 3.05) is 13.1 Å². The molecule has 2 N–H and O–H groups in total. The molecular formula is C12H15NO3. The fraction of sp³-hybridized carbons (Fsp3) is 0.417. The van der Waals surface area contributed by atoms with Gasteiger partial charge in [-0.25, -0.2) is 0 Å². The number of likely N-dealkylation sites (tertiary alicyclic amines) is 1. The molecule has 0 aliphatic carbocycles. The minimum Gasteiger partial charge on any atom is -0.508 e. The monoisotopic (exact) mass is 221 g/mol. The van der Waals surface area contributed by atoms with E-state index in [1.165, 1.54) is 6.07 Å². The summed E-state index contributed by atoms with van der Waals surface area (Å²) >= 11 is 0. The Morgan fingerprint density at radius 3 is 2.81 bits per heavy atom. The highest BCUT2D eigenvalue weighted by Crippen LogP contribution is 2.19. The number of amides is 1. The van der Waals surface area contributed by atoms with E-state index in [0.717, 1.165) is 0 Å². The van der Waals surface area contributed by atoms with E-state index in [-0.39, 0.29) is 11.7 Å². The lowest BCUT2D eigenvalue weighted by Gasteiger charge is -2.15. The lowest BCUT2D eigenvalue weighted by Crippen LogP contribution is -2.29. The molecule has 16 heavy (non-hydrogen) atoms. The van der Waals surface area contributed by atoms with Gasteiger partial charge in [0.2, 0.25) is 0 Å². The lowest BCUT2D eigenvalue weighted by atomic mass is 10.1. The van der Waals surface area contributed by atoms with Crippen LogP contribution in [0.5, 0.6) is 5.75 Å². The Morgan fingerprint density at radius 2 is 2.25 bits per heavy atom. The van der Waals surface area contributed by atoms with Crippen LogP contribution in [0.1, 0.15) is 22.3 Å². The van der Waals surface area contributed by atoms with Crippen molar-refractivity contribution in [3.8, 4) is 5.75 Å². The van der Waals surface area contributed by atoms with E-state index in [4.69, 9.17) is 0 Å².